The topological polar surface area (TPSA) is 33.4 Å². The third-order valence-electron chi connectivity index (χ3n) is 3.04. The fourth-order valence-corrected chi connectivity index (χ4v) is 3.00. The van der Waals surface area contributed by atoms with Crippen molar-refractivity contribution in [3.63, 3.8) is 0 Å². The first-order valence-electron chi connectivity index (χ1n) is 7.03. The van der Waals surface area contributed by atoms with Gasteiger partial charge in [0.25, 0.3) is 0 Å². The Morgan fingerprint density at radius 2 is 2.25 bits per heavy atom. The molecule has 0 unspecified atom stereocenters. The molecule has 4 nitrogen and oxygen atoms in total. The van der Waals surface area contributed by atoms with Crippen molar-refractivity contribution in [2.45, 2.75) is 32.6 Å². The quantitative estimate of drug-likeness (QED) is 0.353. The molecule has 2 heterocycles. The molecule has 0 aliphatic carbocycles. The summed E-state index contributed by atoms with van der Waals surface area (Å²) in [4.78, 5) is 5.54. The van der Waals surface area contributed by atoms with Crippen LogP contribution in [0.4, 0.5) is 0 Å². The summed E-state index contributed by atoms with van der Waals surface area (Å²) in [6.07, 6.45) is 10.4. The third kappa shape index (κ3) is 3.70. The summed E-state index contributed by atoms with van der Waals surface area (Å²) in [6, 6.07) is 2.16. The number of rotatable bonds is 6. The van der Waals surface area contributed by atoms with Crippen molar-refractivity contribution in [3.05, 3.63) is 40.6 Å². The van der Waals surface area contributed by atoms with Gasteiger partial charge in [0.1, 0.15) is 6.33 Å². The number of imidazole rings is 1. The van der Waals surface area contributed by atoms with E-state index in [2.05, 4.69) is 28.5 Å². The van der Waals surface area contributed by atoms with Gasteiger partial charge in [0, 0.05) is 36.9 Å². The van der Waals surface area contributed by atoms with Gasteiger partial charge in [-0.2, -0.15) is 5.10 Å². The van der Waals surface area contributed by atoms with Gasteiger partial charge in [-0.05, 0) is 24.3 Å². The summed E-state index contributed by atoms with van der Waals surface area (Å²) in [7, 11) is 3.89. The van der Waals surface area contributed by atoms with E-state index in [1.54, 1.807) is 12.5 Å². The minimum absolute atomic E-state index is 0.945. The van der Waals surface area contributed by atoms with Gasteiger partial charge in [-0.25, -0.2) is 4.98 Å². The number of unbranched alkanes of at least 4 members (excludes halogenated alkanes) is 2. The number of aryl methyl sites for hydroxylation is 1. The Labute approximate surface area is 124 Å². The van der Waals surface area contributed by atoms with Crippen molar-refractivity contribution in [3.8, 4) is 0 Å². The summed E-state index contributed by atoms with van der Waals surface area (Å²) in [6.45, 7) is 2.24. The standard InChI is InChI=1S/C15H22N4S/c1-4-5-6-7-14-13(8-11-20-14)15(17-18(2)3)19-10-9-16-12-19/h8-12H,4-7H2,1-3H3. The van der Waals surface area contributed by atoms with Gasteiger partial charge < -0.3 is 5.01 Å². The predicted molar refractivity (Wildman–Crippen MR) is 85.4 cm³/mol. The maximum Gasteiger partial charge on any atom is 0.166 e. The van der Waals surface area contributed by atoms with Crippen LogP contribution < -0.4 is 0 Å². The number of nitrogens with zero attached hydrogens (tertiary/aromatic N) is 4. The molecule has 2 rings (SSSR count). The number of thiophene rings is 1. The molecule has 0 aromatic carbocycles. The van der Waals surface area contributed by atoms with E-state index >= 15 is 0 Å². The first kappa shape index (κ1) is 14.8. The van der Waals surface area contributed by atoms with Crippen molar-refractivity contribution in [1.82, 2.24) is 14.6 Å². The lowest BCUT2D eigenvalue weighted by atomic mass is 10.1. The Balaban J connectivity index is 2.28. The molecule has 0 N–H and O–H groups in total. The Bertz CT molecular complexity index is 540. The molecule has 108 valence electrons. The first-order chi connectivity index (χ1) is 9.72. The highest BCUT2D eigenvalue weighted by molar-refractivity contribution is 7.10. The predicted octanol–water partition coefficient (Wildman–Crippen LogP) is 3.45. The van der Waals surface area contributed by atoms with E-state index in [9.17, 15) is 0 Å². The van der Waals surface area contributed by atoms with Gasteiger partial charge in [0.2, 0.25) is 0 Å². The van der Waals surface area contributed by atoms with E-state index < -0.39 is 0 Å². The Kier molecular flexibility index (Phi) is 5.35. The molecule has 0 saturated carbocycles. The van der Waals surface area contributed by atoms with Gasteiger partial charge in [-0.15, -0.1) is 11.3 Å². The maximum atomic E-state index is 4.63. The Morgan fingerprint density at radius 1 is 1.40 bits per heavy atom. The summed E-state index contributed by atoms with van der Waals surface area (Å²) in [5.41, 5.74) is 1.22. The van der Waals surface area contributed by atoms with Gasteiger partial charge in [-0.3, -0.25) is 4.57 Å². The van der Waals surface area contributed by atoms with Gasteiger partial charge in [-0.1, -0.05) is 19.8 Å². The highest BCUT2D eigenvalue weighted by atomic mass is 32.1. The zero-order valence-electron chi connectivity index (χ0n) is 12.4. The summed E-state index contributed by atoms with van der Waals surface area (Å²) in [5, 5.41) is 8.62. The molecule has 2 aromatic rings. The fourth-order valence-electron chi connectivity index (χ4n) is 2.09. The average molecular weight is 290 g/mol. The van der Waals surface area contributed by atoms with Crippen LogP contribution >= 0.6 is 11.3 Å². The van der Waals surface area contributed by atoms with Gasteiger partial charge >= 0.3 is 0 Å². The molecule has 20 heavy (non-hydrogen) atoms. The molecule has 0 spiro atoms. The minimum Gasteiger partial charge on any atom is -0.301 e. The Hall–Kier alpha value is -1.62. The zero-order chi connectivity index (χ0) is 14.4. The van der Waals surface area contributed by atoms with Crippen molar-refractivity contribution in [1.29, 1.82) is 0 Å². The van der Waals surface area contributed by atoms with Crippen LogP contribution in [-0.2, 0) is 6.42 Å². The SMILES string of the molecule is CCCCCc1sccc1C(=NN(C)C)n1ccnc1. The molecular weight excluding hydrogens is 268 g/mol. The average Bonchev–Trinajstić information content (AvgIpc) is 3.08. The smallest absolute Gasteiger partial charge is 0.166 e. The number of hydrazone groups is 1. The second kappa shape index (κ2) is 7.24. The van der Waals surface area contributed by atoms with E-state index in [-0.39, 0.29) is 0 Å². The van der Waals surface area contributed by atoms with Crippen LogP contribution in [0.3, 0.4) is 0 Å². The fraction of sp³-hybridized carbons (Fsp3) is 0.467. The molecule has 0 aliphatic heterocycles. The van der Waals surface area contributed by atoms with E-state index in [1.165, 1.54) is 29.7 Å². The van der Waals surface area contributed by atoms with Crippen LogP contribution in [0.1, 0.15) is 36.6 Å². The number of hydrogen-bond donors (Lipinski definition) is 0. The van der Waals surface area contributed by atoms with Crippen molar-refractivity contribution in [2.24, 2.45) is 5.10 Å². The lowest BCUT2D eigenvalue weighted by Crippen LogP contribution is -2.17. The lowest BCUT2D eigenvalue weighted by molar-refractivity contribution is 0.435. The van der Waals surface area contributed by atoms with Gasteiger partial charge in [0.15, 0.2) is 5.84 Å². The van der Waals surface area contributed by atoms with Crippen molar-refractivity contribution >= 4 is 17.2 Å². The highest BCUT2D eigenvalue weighted by Gasteiger charge is 2.13. The van der Waals surface area contributed by atoms with Crippen LogP contribution in [0.25, 0.3) is 0 Å². The maximum absolute atomic E-state index is 4.63. The van der Waals surface area contributed by atoms with Gasteiger partial charge in [0.05, 0.1) is 0 Å². The first-order valence-corrected chi connectivity index (χ1v) is 7.91. The highest BCUT2D eigenvalue weighted by Crippen LogP contribution is 2.21. The summed E-state index contributed by atoms with van der Waals surface area (Å²) < 4.78 is 1.98. The molecule has 0 radical (unpaired) electrons. The van der Waals surface area contributed by atoms with Crippen molar-refractivity contribution < 1.29 is 0 Å². The summed E-state index contributed by atoms with van der Waals surface area (Å²) >= 11 is 1.82. The lowest BCUT2D eigenvalue weighted by Gasteiger charge is -2.12. The minimum atomic E-state index is 0.945. The monoisotopic (exact) mass is 290 g/mol. The second-order valence-corrected chi connectivity index (χ2v) is 5.96. The van der Waals surface area contributed by atoms with E-state index in [1.807, 2.05) is 41.2 Å². The molecule has 0 amide bonds. The van der Waals surface area contributed by atoms with Crippen LogP contribution in [-0.4, -0.2) is 34.5 Å². The largest absolute Gasteiger partial charge is 0.301 e. The van der Waals surface area contributed by atoms with Crippen LogP contribution in [0.2, 0.25) is 0 Å². The second-order valence-electron chi connectivity index (χ2n) is 4.96. The molecule has 0 fully saturated rings. The molecular formula is C15H22N4S. The van der Waals surface area contributed by atoms with Crippen molar-refractivity contribution in [2.75, 3.05) is 14.1 Å². The molecule has 0 aliphatic rings. The third-order valence-corrected chi connectivity index (χ3v) is 4.02. The van der Waals surface area contributed by atoms with E-state index in [0.717, 1.165) is 12.3 Å². The van der Waals surface area contributed by atoms with Crippen LogP contribution in [0.5, 0.6) is 0 Å². The normalized spacial score (nSPS) is 11.8. The van der Waals surface area contributed by atoms with E-state index in [4.69, 9.17) is 0 Å². The number of aromatic nitrogens is 2. The number of hydrogen-bond acceptors (Lipinski definition) is 4. The van der Waals surface area contributed by atoms with E-state index in [0.29, 0.717) is 0 Å². The molecule has 5 heteroatoms. The van der Waals surface area contributed by atoms with Crippen LogP contribution in [0, 0.1) is 0 Å². The molecule has 0 atom stereocenters. The zero-order valence-corrected chi connectivity index (χ0v) is 13.2. The Morgan fingerprint density at radius 3 is 2.90 bits per heavy atom. The molecule has 0 bridgehead atoms. The van der Waals surface area contributed by atoms with Crippen LogP contribution in [0.15, 0.2) is 35.3 Å². The summed E-state index contributed by atoms with van der Waals surface area (Å²) in [5.74, 6) is 0.945. The molecule has 2 aromatic heterocycles. The molecule has 0 saturated heterocycles.